The first kappa shape index (κ1) is 25.9. The average molecular weight is 545 g/mol. The summed E-state index contributed by atoms with van der Waals surface area (Å²) in [7, 11) is 0. The molecule has 1 aliphatic heterocycles. The zero-order valence-corrected chi connectivity index (χ0v) is 22.9. The number of benzene rings is 2. The Morgan fingerprint density at radius 2 is 1.87 bits per heavy atom. The number of nitrogens with zero attached hydrogens (tertiary/aromatic N) is 2. The molecule has 0 bridgehead atoms. The van der Waals surface area contributed by atoms with Gasteiger partial charge in [-0.05, 0) is 54.1 Å². The smallest absolute Gasteiger partial charge is 0.338 e. The van der Waals surface area contributed by atoms with E-state index in [4.69, 9.17) is 9.47 Å². The van der Waals surface area contributed by atoms with Crippen LogP contribution >= 0.6 is 22.7 Å². The molecular formula is C30H28N2O4S2. The Labute approximate surface area is 228 Å². The second-order valence-corrected chi connectivity index (χ2v) is 10.9. The van der Waals surface area contributed by atoms with Crippen molar-refractivity contribution in [2.75, 3.05) is 6.61 Å². The molecule has 1 atom stereocenters. The maximum absolute atomic E-state index is 13.7. The number of hydrogen-bond acceptors (Lipinski definition) is 7. The van der Waals surface area contributed by atoms with Gasteiger partial charge < -0.3 is 9.47 Å². The number of thiophene rings is 1. The third kappa shape index (κ3) is 5.56. The molecule has 38 heavy (non-hydrogen) atoms. The van der Waals surface area contributed by atoms with Crippen molar-refractivity contribution in [3.05, 3.63) is 119 Å². The first-order chi connectivity index (χ1) is 18.5. The van der Waals surface area contributed by atoms with E-state index in [1.54, 1.807) is 22.8 Å². The van der Waals surface area contributed by atoms with Crippen molar-refractivity contribution in [2.45, 2.75) is 39.3 Å². The lowest BCUT2D eigenvalue weighted by Crippen LogP contribution is -2.39. The number of aromatic nitrogens is 1. The van der Waals surface area contributed by atoms with E-state index in [1.807, 2.05) is 78.2 Å². The van der Waals surface area contributed by atoms with Crippen LogP contribution in [0.4, 0.5) is 0 Å². The average Bonchev–Trinajstić information content (AvgIpc) is 3.55. The van der Waals surface area contributed by atoms with Gasteiger partial charge in [0.25, 0.3) is 5.56 Å². The maximum atomic E-state index is 13.7. The Balaban J connectivity index is 1.55. The molecule has 8 heteroatoms. The number of unbranched alkanes of at least 4 members (excludes halogenated alkanes) is 1. The molecule has 0 fully saturated rings. The fourth-order valence-corrected chi connectivity index (χ4v) is 6.05. The molecule has 5 rings (SSSR count). The first-order valence-corrected chi connectivity index (χ1v) is 14.2. The van der Waals surface area contributed by atoms with Gasteiger partial charge in [-0.1, -0.05) is 73.2 Å². The van der Waals surface area contributed by atoms with Gasteiger partial charge in [0.15, 0.2) is 4.80 Å². The molecule has 1 aliphatic rings. The number of allylic oxidation sites excluding steroid dienone is 1. The minimum atomic E-state index is -0.662. The Hall–Kier alpha value is -3.75. The highest BCUT2D eigenvalue weighted by Gasteiger charge is 2.33. The second kappa shape index (κ2) is 11.8. The summed E-state index contributed by atoms with van der Waals surface area (Å²) >= 11 is 2.89. The Kier molecular flexibility index (Phi) is 8.00. The number of rotatable bonds is 9. The largest absolute Gasteiger partial charge is 0.494 e. The van der Waals surface area contributed by atoms with Gasteiger partial charge in [-0.3, -0.25) is 9.36 Å². The third-order valence-electron chi connectivity index (χ3n) is 6.23. The number of hydrogen-bond donors (Lipinski definition) is 0. The molecule has 2 aromatic heterocycles. The Morgan fingerprint density at radius 3 is 2.58 bits per heavy atom. The van der Waals surface area contributed by atoms with Crippen LogP contribution < -0.4 is 19.6 Å². The predicted octanol–water partition coefficient (Wildman–Crippen LogP) is 5.22. The minimum absolute atomic E-state index is 0.135. The molecular weight excluding hydrogens is 516 g/mol. The van der Waals surface area contributed by atoms with Crippen LogP contribution in [0.3, 0.4) is 0 Å². The lowest BCUT2D eigenvalue weighted by Gasteiger charge is -2.25. The molecule has 6 nitrogen and oxygen atoms in total. The summed E-state index contributed by atoms with van der Waals surface area (Å²) in [6.07, 6.45) is 3.90. The lowest BCUT2D eigenvalue weighted by molar-refractivity contribution is -0.140. The van der Waals surface area contributed by atoms with Crippen LogP contribution in [0.1, 0.15) is 48.7 Å². The van der Waals surface area contributed by atoms with Gasteiger partial charge in [-0.25, -0.2) is 9.79 Å². The van der Waals surface area contributed by atoms with E-state index in [2.05, 4.69) is 11.9 Å². The highest BCUT2D eigenvalue weighted by Crippen LogP contribution is 2.32. The molecule has 0 spiro atoms. The molecule has 0 amide bonds. The topological polar surface area (TPSA) is 69.9 Å². The van der Waals surface area contributed by atoms with Crippen molar-refractivity contribution in [2.24, 2.45) is 4.99 Å². The van der Waals surface area contributed by atoms with Gasteiger partial charge in [-0.2, -0.15) is 0 Å². The number of fused-ring (bicyclic) bond motifs is 1. The summed E-state index contributed by atoms with van der Waals surface area (Å²) in [6.45, 7) is 4.69. The van der Waals surface area contributed by atoms with E-state index in [1.165, 1.54) is 11.3 Å². The quantitative estimate of drug-likeness (QED) is 0.214. The minimum Gasteiger partial charge on any atom is -0.494 e. The lowest BCUT2D eigenvalue weighted by atomic mass is 9.96. The molecule has 3 heterocycles. The van der Waals surface area contributed by atoms with E-state index in [9.17, 15) is 9.59 Å². The van der Waals surface area contributed by atoms with Crippen LogP contribution in [-0.4, -0.2) is 17.1 Å². The van der Waals surface area contributed by atoms with Crippen LogP contribution in [-0.2, 0) is 16.1 Å². The van der Waals surface area contributed by atoms with Crippen LogP contribution in [0.5, 0.6) is 5.75 Å². The van der Waals surface area contributed by atoms with Crippen molar-refractivity contribution in [1.82, 2.24) is 4.57 Å². The molecule has 0 radical (unpaired) electrons. The molecule has 0 saturated heterocycles. The SMILES string of the molecule is CCCCOc1ccc(C2C(C(=O)OCc3ccccc3)=C(C)N=c3sc(=Cc4cccs4)c(=O)n32)cc1. The molecule has 1 unspecified atom stereocenters. The van der Waals surface area contributed by atoms with E-state index >= 15 is 0 Å². The van der Waals surface area contributed by atoms with Crippen LogP contribution in [0, 0.1) is 0 Å². The number of thiazole rings is 1. The molecule has 0 N–H and O–H groups in total. The van der Waals surface area contributed by atoms with Gasteiger partial charge in [0.2, 0.25) is 0 Å². The normalized spacial score (nSPS) is 15.2. The molecule has 4 aromatic rings. The monoisotopic (exact) mass is 544 g/mol. The fourth-order valence-electron chi connectivity index (χ4n) is 4.28. The maximum Gasteiger partial charge on any atom is 0.338 e. The number of ether oxygens (including phenoxy) is 2. The molecule has 0 saturated carbocycles. The number of carbonyl (C=O) groups is 1. The van der Waals surface area contributed by atoms with Crippen molar-refractivity contribution in [3.8, 4) is 5.75 Å². The van der Waals surface area contributed by atoms with E-state index in [-0.39, 0.29) is 12.2 Å². The molecule has 0 aliphatic carbocycles. The van der Waals surface area contributed by atoms with Gasteiger partial charge in [0, 0.05) is 4.88 Å². The van der Waals surface area contributed by atoms with Crippen molar-refractivity contribution in [3.63, 3.8) is 0 Å². The van der Waals surface area contributed by atoms with Crippen LogP contribution in [0.25, 0.3) is 6.08 Å². The highest BCUT2D eigenvalue weighted by molar-refractivity contribution is 7.11. The van der Waals surface area contributed by atoms with Crippen LogP contribution in [0.15, 0.2) is 93.2 Å². The molecule has 2 aromatic carbocycles. The Bertz CT molecular complexity index is 1620. The van der Waals surface area contributed by atoms with Gasteiger partial charge >= 0.3 is 5.97 Å². The van der Waals surface area contributed by atoms with E-state index < -0.39 is 12.0 Å². The standard InChI is InChI=1S/C30H28N2O4S2/c1-3-4-16-35-23-14-12-22(13-15-23)27-26(29(34)36-19-21-9-6-5-7-10-21)20(2)31-30-32(27)28(33)25(38-30)18-24-11-8-17-37-24/h5-15,17-18,27H,3-4,16,19H2,1-2H3. The predicted molar refractivity (Wildman–Crippen MR) is 151 cm³/mol. The van der Waals surface area contributed by atoms with Gasteiger partial charge in [0.05, 0.1) is 28.5 Å². The van der Waals surface area contributed by atoms with Crippen molar-refractivity contribution in [1.29, 1.82) is 0 Å². The zero-order chi connectivity index (χ0) is 26.5. The van der Waals surface area contributed by atoms with Crippen molar-refractivity contribution >= 4 is 34.7 Å². The van der Waals surface area contributed by atoms with Gasteiger partial charge in [-0.15, -0.1) is 11.3 Å². The van der Waals surface area contributed by atoms with Gasteiger partial charge in [0.1, 0.15) is 12.4 Å². The third-order valence-corrected chi connectivity index (χ3v) is 8.04. The number of carbonyl (C=O) groups excluding carboxylic acids is 1. The summed E-state index contributed by atoms with van der Waals surface area (Å²) in [5.41, 5.74) is 2.39. The summed E-state index contributed by atoms with van der Waals surface area (Å²) < 4.78 is 13.7. The zero-order valence-electron chi connectivity index (χ0n) is 21.3. The summed E-state index contributed by atoms with van der Waals surface area (Å²) in [4.78, 5) is 33.4. The van der Waals surface area contributed by atoms with E-state index in [0.29, 0.717) is 27.2 Å². The van der Waals surface area contributed by atoms with Crippen LogP contribution in [0.2, 0.25) is 0 Å². The fraction of sp³-hybridized carbons (Fsp3) is 0.233. The summed E-state index contributed by atoms with van der Waals surface area (Å²) in [5.74, 6) is 0.261. The highest BCUT2D eigenvalue weighted by atomic mass is 32.1. The Morgan fingerprint density at radius 1 is 1.08 bits per heavy atom. The first-order valence-electron chi connectivity index (χ1n) is 12.5. The second-order valence-electron chi connectivity index (χ2n) is 8.93. The van der Waals surface area contributed by atoms with Crippen molar-refractivity contribution < 1.29 is 14.3 Å². The number of esters is 1. The molecule has 194 valence electrons. The summed E-state index contributed by atoms with van der Waals surface area (Å²) in [6, 6.07) is 20.4. The summed E-state index contributed by atoms with van der Waals surface area (Å²) in [5, 5.41) is 1.97. The van der Waals surface area contributed by atoms with E-state index in [0.717, 1.165) is 34.6 Å².